The van der Waals surface area contributed by atoms with Crippen LogP contribution in [-0.2, 0) is 14.8 Å². The van der Waals surface area contributed by atoms with E-state index in [1.807, 2.05) is 0 Å². The highest BCUT2D eigenvalue weighted by Gasteiger charge is 2.42. The van der Waals surface area contributed by atoms with Crippen molar-refractivity contribution in [1.82, 2.24) is 4.72 Å². The smallest absolute Gasteiger partial charge is 0.335 e. The summed E-state index contributed by atoms with van der Waals surface area (Å²) < 4.78 is 33.0. The van der Waals surface area contributed by atoms with Crippen LogP contribution in [0.3, 0.4) is 0 Å². The number of hydrogen-bond donors (Lipinski definition) is 3. The quantitative estimate of drug-likeness (QED) is 0.699. The van der Waals surface area contributed by atoms with E-state index in [2.05, 4.69) is 4.72 Å². The van der Waals surface area contributed by atoms with Crippen molar-refractivity contribution in [2.24, 2.45) is 0 Å². The molecule has 1 aromatic carbocycles. The van der Waals surface area contributed by atoms with Gasteiger partial charge >= 0.3 is 5.97 Å². The van der Waals surface area contributed by atoms with Crippen molar-refractivity contribution in [2.75, 3.05) is 5.73 Å². The standard InChI is InChI=1S/C13H16N2O5S/c14-9-5-7(13(16)17)1-4-12(9)21(18,19)15-10-6-8-2-3-11(10)20-8/h1,4-5,8,10-11,15H,2-3,6,14H2,(H,16,17). The van der Waals surface area contributed by atoms with E-state index < -0.39 is 16.0 Å². The Morgan fingerprint density at radius 1 is 1.38 bits per heavy atom. The van der Waals surface area contributed by atoms with Crippen molar-refractivity contribution in [3.8, 4) is 0 Å². The fraction of sp³-hybridized carbons (Fsp3) is 0.462. The molecule has 2 fully saturated rings. The molecule has 0 radical (unpaired) electrons. The highest BCUT2D eigenvalue weighted by atomic mass is 32.2. The van der Waals surface area contributed by atoms with Crippen LogP contribution in [0.2, 0.25) is 0 Å². The first-order valence-corrected chi connectivity index (χ1v) is 8.16. The molecule has 3 atom stereocenters. The third kappa shape index (κ3) is 2.61. The fourth-order valence-corrected chi connectivity index (χ4v) is 4.34. The van der Waals surface area contributed by atoms with E-state index in [1.165, 1.54) is 12.1 Å². The van der Waals surface area contributed by atoms with E-state index in [-0.39, 0.29) is 34.4 Å². The summed E-state index contributed by atoms with van der Waals surface area (Å²) in [6.45, 7) is 0. The number of ether oxygens (including phenoxy) is 1. The number of rotatable bonds is 4. The maximum absolute atomic E-state index is 12.4. The third-order valence-electron chi connectivity index (χ3n) is 3.96. The Labute approximate surface area is 122 Å². The van der Waals surface area contributed by atoms with Gasteiger partial charge in [-0.25, -0.2) is 17.9 Å². The van der Waals surface area contributed by atoms with Gasteiger partial charge in [-0.1, -0.05) is 0 Å². The van der Waals surface area contributed by atoms with Gasteiger partial charge in [0.2, 0.25) is 10.0 Å². The molecule has 0 spiro atoms. The zero-order valence-corrected chi connectivity index (χ0v) is 12.0. The van der Waals surface area contributed by atoms with Crippen molar-refractivity contribution in [3.63, 3.8) is 0 Å². The number of anilines is 1. The Balaban J connectivity index is 1.83. The molecule has 3 rings (SSSR count). The van der Waals surface area contributed by atoms with Gasteiger partial charge in [0.25, 0.3) is 0 Å². The van der Waals surface area contributed by atoms with Crippen molar-refractivity contribution < 1.29 is 23.1 Å². The second-order valence-corrected chi connectivity index (χ2v) is 7.08. The summed E-state index contributed by atoms with van der Waals surface area (Å²) in [7, 11) is -3.79. The van der Waals surface area contributed by atoms with Gasteiger partial charge in [0, 0.05) is 0 Å². The molecule has 2 bridgehead atoms. The number of nitrogen functional groups attached to an aromatic ring is 1. The van der Waals surface area contributed by atoms with Gasteiger partial charge in [-0.15, -0.1) is 0 Å². The van der Waals surface area contributed by atoms with Crippen LogP contribution in [0.15, 0.2) is 23.1 Å². The average Bonchev–Trinajstić information content (AvgIpc) is 2.99. The van der Waals surface area contributed by atoms with E-state index in [1.54, 1.807) is 0 Å². The minimum atomic E-state index is -3.79. The summed E-state index contributed by atoms with van der Waals surface area (Å²) in [5.74, 6) is -1.15. The average molecular weight is 312 g/mol. The van der Waals surface area contributed by atoms with Crippen LogP contribution in [0.1, 0.15) is 29.6 Å². The number of fused-ring (bicyclic) bond motifs is 2. The van der Waals surface area contributed by atoms with Crippen LogP contribution >= 0.6 is 0 Å². The van der Waals surface area contributed by atoms with Gasteiger partial charge in [-0.3, -0.25) is 0 Å². The number of nitrogens with two attached hydrogens (primary N) is 1. The van der Waals surface area contributed by atoms with Crippen molar-refractivity contribution in [1.29, 1.82) is 0 Å². The molecule has 2 saturated heterocycles. The third-order valence-corrected chi connectivity index (χ3v) is 5.52. The molecule has 8 heteroatoms. The molecule has 1 aromatic rings. The van der Waals surface area contributed by atoms with E-state index in [0.29, 0.717) is 6.42 Å². The lowest BCUT2D eigenvalue weighted by Crippen LogP contribution is -2.41. The Hall–Kier alpha value is -1.64. The Bertz CT molecular complexity index is 688. The molecule has 2 heterocycles. The second kappa shape index (κ2) is 4.97. The number of aromatic carboxylic acids is 1. The topological polar surface area (TPSA) is 119 Å². The molecule has 0 aliphatic carbocycles. The number of hydrogen-bond acceptors (Lipinski definition) is 5. The van der Waals surface area contributed by atoms with Crippen molar-refractivity contribution in [2.45, 2.75) is 42.4 Å². The number of carboxylic acid groups (broad SMARTS) is 1. The molecule has 0 aromatic heterocycles. The molecule has 3 unspecified atom stereocenters. The molecule has 2 aliphatic rings. The summed E-state index contributed by atoms with van der Waals surface area (Å²) in [5, 5.41) is 8.87. The van der Waals surface area contributed by atoms with Crippen LogP contribution in [0.4, 0.5) is 5.69 Å². The lowest BCUT2D eigenvalue weighted by molar-refractivity contribution is 0.0696. The van der Waals surface area contributed by atoms with Crippen molar-refractivity contribution >= 4 is 21.7 Å². The number of nitrogens with one attached hydrogen (secondary N) is 1. The van der Waals surface area contributed by atoms with Gasteiger partial charge < -0.3 is 15.6 Å². The van der Waals surface area contributed by atoms with Gasteiger partial charge in [0.15, 0.2) is 0 Å². The second-order valence-electron chi connectivity index (χ2n) is 5.40. The van der Waals surface area contributed by atoms with Crippen LogP contribution in [-0.4, -0.2) is 37.7 Å². The Morgan fingerprint density at radius 2 is 2.14 bits per heavy atom. The predicted molar refractivity (Wildman–Crippen MR) is 74.4 cm³/mol. The van der Waals surface area contributed by atoms with Crippen LogP contribution in [0, 0.1) is 0 Å². The Kier molecular flexibility index (Phi) is 3.39. The van der Waals surface area contributed by atoms with E-state index in [9.17, 15) is 13.2 Å². The highest BCUT2D eigenvalue weighted by molar-refractivity contribution is 7.89. The number of carbonyl (C=O) groups is 1. The first-order valence-electron chi connectivity index (χ1n) is 6.67. The fourth-order valence-electron chi connectivity index (χ4n) is 2.95. The van der Waals surface area contributed by atoms with Gasteiger partial charge in [-0.05, 0) is 37.5 Å². The monoisotopic (exact) mass is 312 g/mol. The lowest BCUT2D eigenvalue weighted by Gasteiger charge is -2.20. The molecule has 21 heavy (non-hydrogen) atoms. The molecule has 2 aliphatic heterocycles. The summed E-state index contributed by atoms with van der Waals surface area (Å²) >= 11 is 0. The van der Waals surface area contributed by atoms with Crippen molar-refractivity contribution in [3.05, 3.63) is 23.8 Å². The molecule has 4 N–H and O–H groups in total. The molecule has 114 valence electrons. The van der Waals surface area contributed by atoms with Gasteiger partial charge in [0.1, 0.15) is 4.90 Å². The van der Waals surface area contributed by atoms with Gasteiger partial charge in [0.05, 0.1) is 29.5 Å². The minimum Gasteiger partial charge on any atom is -0.478 e. The van der Waals surface area contributed by atoms with Crippen LogP contribution in [0.25, 0.3) is 0 Å². The summed E-state index contributed by atoms with van der Waals surface area (Å²) in [4.78, 5) is 10.7. The summed E-state index contributed by atoms with van der Waals surface area (Å²) in [6, 6.07) is 3.35. The zero-order chi connectivity index (χ0) is 15.2. The van der Waals surface area contributed by atoms with E-state index >= 15 is 0 Å². The highest BCUT2D eigenvalue weighted by Crippen LogP contribution is 2.35. The number of carboxylic acids is 1. The first-order chi connectivity index (χ1) is 9.87. The minimum absolute atomic E-state index is 0.0466. The molecular weight excluding hydrogens is 296 g/mol. The largest absolute Gasteiger partial charge is 0.478 e. The predicted octanol–water partition coefficient (Wildman–Crippen LogP) is 0.565. The molecular formula is C13H16N2O5S. The normalized spacial score (nSPS) is 27.9. The summed E-state index contributed by atoms with van der Waals surface area (Å²) in [5.41, 5.74) is 5.56. The lowest BCUT2D eigenvalue weighted by atomic mass is 9.96. The van der Waals surface area contributed by atoms with E-state index in [4.69, 9.17) is 15.6 Å². The van der Waals surface area contributed by atoms with Crippen LogP contribution in [0.5, 0.6) is 0 Å². The maximum atomic E-state index is 12.4. The number of sulfonamides is 1. The first kappa shape index (κ1) is 14.3. The maximum Gasteiger partial charge on any atom is 0.335 e. The SMILES string of the molecule is Nc1cc(C(=O)O)ccc1S(=O)(=O)NC1CC2CCC1O2. The van der Waals surface area contributed by atoms with Gasteiger partial charge in [-0.2, -0.15) is 0 Å². The Morgan fingerprint density at radius 3 is 2.67 bits per heavy atom. The molecule has 7 nitrogen and oxygen atoms in total. The zero-order valence-electron chi connectivity index (χ0n) is 11.2. The molecule has 0 saturated carbocycles. The summed E-state index contributed by atoms with van der Waals surface area (Å²) in [6.07, 6.45) is 2.54. The van der Waals surface area contributed by atoms with Crippen LogP contribution < -0.4 is 10.5 Å². The van der Waals surface area contributed by atoms with E-state index in [0.717, 1.165) is 18.9 Å². The molecule has 0 amide bonds. The number of benzene rings is 1.